The van der Waals surface area contributed by atoms with Crippen molar-refractivity contribution in [2.45, 2.75) is 13.8 Å². The highest BCUT2D eigenvalue weighted by Gasteiger charge is 2.20. The van der Waals surface area contributed by atoms with Gasteiger partial charge in [0.2, 0.25) is 5.91 Å². The second-order valence-electron chi connectivity index (χ2n) is 7.52. The molecule has 1 aliphatic heterocycles. The lowest BCUT2D eigenvalue weighted by Crippen LogP contribution is -2.48. The summed E-state index contributed by atoms with van der Waals surface area (Å²) in [5.74, 6) is 1.87. The number of piperazine rings is 1. The van der Waals surface area contributed by atoms with Crippen LogP contribution in [-0.2, 0) is 4.79 Å². The summed E-state index contributed by atoms with van der Waals surface area (Å²) in [6, 6.07) is 9.83. The Morgan fingerprint density at radius 2 is 1.83 bits per heavy atom. The number of amides is 1. The van der Waals surface area contributed by atoms with Crippen LogP contribution in [0.4, 0.5) is 5.69 Å². The Kier molecular flexibility index (Phi) is 7.11. The molecule has 0 aliphatic carbocycles. The Balaban J connectivity index is 1.56. The van der Waals surface area contributed by atoms with Crippen LogP contribution >= 0.6 is 0 Å². The molecule has 1 saturated heterocycles. The number of ether oxygens (including phenoxy) is 2. The molecule has 1 N–H and O–H groups in total. The summed E-state index contributed by atoms with van der Waals surface area (Å²) >= 11 is 0. The van der Waals surface area contributed by atoms with Crippen LogP contribution in [0.2, 0.25) is 0 Å². The first-order valence-corrected chi connectivity index (χ1v) is 10.1. The van der Waals surface area contributed by atoms with Crippen LogP contribution in [-0.4, -0.2) is 50.7 Å². The first-order chi connectivity index (χ1) is 14.1. The number of carbonyl (C=O) groups excluding carboxylic acids is 1. The number of anilines is 1. The van der Waals surface area contributed by atoms with Gasteiger partial charge in [-0.05, 0) is 29.7 Å². The molecule has 0 spiro atoms. The van der Waals surface area contributed by atoms with Crippen molar-refractivity contribution in [2.24, 2.45) is 5.92 Å². The Hall–Kier alpha value is -3.02. The number of methoxy groups -OCH3 is 1. The van der Waals surface area contributed by atoms with Gasteiger partial charge in [-0.2, -0.15) is 0 Å². The summed E-state index contributed by atoms with van der Waals surface area (Å²) in [4.78, 5) is 19.8. The standard InChI is InChI=1S/C23H29N3O3/c1-18(2)17-29-21-6-4-19(16-22(21)28-3)5-7-23(27)26-14-12-25(13-15-26)20-8-10-24-11-9-20/h4-11,16,18H,12-15,17H2,1-3H3/p+1/b7-5+. The second kappa shape index (κ2) is 9.96. The minimum atomic E-state index is 0.0325. The van der Waals surface area contributed by atoms with Crippen molar-refractivity contribution < 1.29 is 19.3 Å². The smallest absolute Gasteiger partial charge is 0.246 e. The van der Waals surface area contributed by atoms with Crippen molar-refractivity contribution in [1.29, 1.82) is 0 Å². The number of carbonyl (C=O) groups is 1. The Bertz CT molecular complexity index is 829. The van der Waals surface area contributed by atoms with E-state index >= 15 is 0 Å². The Morgan fingerprint density at radius 3 is 2.48 bits per heavy atom. The zero-order chi connectivity index (χ0) is 20.6. The Morgan fingerprint density at radius 1 is 1.10 bits per heavy atom. The summed E-state index contributed by atoms with van der Waals surface area (Å²) in [5.41, 5.74) is 2.09. The molecule has 0 atom stereocenters. The number of nitrogens with one attached hydrogen (secondary N) is 1. The van der Waals surface area contributed by atoms with Crippen LogP contribution in [0.5, 0.6) is 11.5 Å². The van der Waals surface area contributed by atoms with Gasteiger partial charge in [-0.1, -0.05) is 19.9 Å². The zero-order valence-corrected chi connectivity index (χ0v) is 17.4. The summed E-state index contributed by atoms with van der Waals surface area (Å²) in [6.45, 7) is 7.94. The molecule has 6 nitrogen and oxygen atoms in total. The van der Waals surface area contributed by atoms with Gasteiger partial charge in [-0.15, -0.1) is 0 Å². The first-order valence-electron chi connectivity index (χ1n) is 10.1. The molecule has 6 heteroatoms. The minimum Gasteiger partial charge on any atom is -0.493 e. The normalized spacial score (nSPS) is 14.5. The Labute approximate surface area is 172 Å². The molecular formula is C23H30N3O3+. The largest absolute Gasteiger partial charge is 0.493 e. The van der Waals surface area contributed by atoms with Crippen molar-refractivity contribution in [2.75, 3.05) is 44.8 Å². The summed E-state index contributed by atoms with van der Waals surface area (Å²) in [7, 11) is 1.63. The van der Waals surface area contributed by atoms with Gasteiger partial charge in [0.05, 0.1) is 13.7 Å². The summed E-state index contributed by atoms with van der Waals surface area (Å²) in [5, 5.41) is 0. The van der Waals surface area contributed by atoms with E-state index in [1.165, 1.54) is 5.69 Å². The van der Waals surface area contributed by atoms with Crippen LogP contribution in [0.15, 0.2) is 48.8 Å². The number of rotatable bonds is 7. The third kappa shape index (κ3) is 5.73. The number of benzene rings is 1. The molecule has 29 heavy (non-hydrogen) atoms. The van der Waals surface area contributed by atoms with E-state index in [1.54, 1.807) is 13.2 Å². The highest BCUT2D eigenvalue weighted by atomic mass is 16.5. The molecule has 1 aliphatic rings. The van der Waals surface area contributed by atoms with Crippen molar-refractivity contribution in [3.05, 3.63) is 54.4 Å². The highest BCUT2D eigenvalue weighted by Crippen LogP contribution is 2.29. The SMILES string of the molecule is COc1cc(/C=C/C(=O)N2CCN(c3cc[nH+]cc3)CC2)ccc1OCC(C)C. The predicted molar refractivity (Wildman–Crippen MR) is 114 cm³/mol. The van der Waals surface area contributed by atoms with E-state index in [-0.39, 0.29) is 5.91 Å². The van der Waals surface area contributed by atoms with Crippen molar-refractivity contribution in [3.63, 3.8) is 0 Å². The fourth-order valence-corrected chi connectivity index (χ4v) is 3.21. The molecule has 154 valence electrons. The van der Waals surface area contributed by atoms with Gasteiger partial charge < -0.3 is 19.3 Å². The maximum Gasteiger partial charge on any atom is 0.246 e. The van der Waals surface area contributed by atoms with E-state index in [0.717, 1.165) is 24.4 Å². The van der Waals surface area contributed by atoms with Crippen LogP contribution in [0, 0.1) is 5.92 Å². The van der Waals surface area contributed by atoms with E-state index < -0.39 is 0 Å². The third-order valence-corrected chi connectivity index (χ3v) is 4.84. The number of H-pyrrole nitrogens is 1. The molecule has 1 aromatic carbocycles. The molecule has 0 saturated carbocycles. The van der Waals surface area contributed by atoms with Crippen molar-refractivity contribution in [1.82, 2.24) is 4.90 Å². The monoisotopic (exact) mass is 396 g/mol. The molecule has 2 aromatic rings. The fraction of sp³-hybridized carbons (Fsp3) is 0.391. The molecule has 0 unspecified atom stereocenters. The number of aromatic nitrogens is 1. The molecule has 2 heterocycles. The van der Waals surface area contributed by atoms with Crippen molar-refractivity contribution in [3.8, 4) is 11.5 Å². The van der Waals surface area contributed by atoms with Gasteiger partial charge in [-0.3, -0.25) is 4.79 Å². The van der Waals surface area contributed by atoms with Crippen LogP contribution in [0.1, 0.15) is 19.4 Å². The van der Waals surface area contributed by atoms with Gasteiger partial charge in [0.25, 0.3) is 0 Å². The maximum absolute atomic E-state index is 12.6. The first kappa shape index (κ1) is 20.7. The summed E-state index contributed by atoms with van der Waals surface area (Å²) in [6.07, 6.45) is 7.30. The maximum atomic E-state index is 12.6. The molecular weight excluding hydrogens is 366 g/mol. The number of nitrogens with zero attached hydrogens (tertiary/aromatic N) is 2. The van der Waals surface area contributed by atoms with Gasteiger partial charge in [0, 0.05) is 50.1 Å². The van der Waals surface area contributed by atoms with E-state index in [9.17, 15) is 4.79 Å². The van der Waals surface area contributed by atoms with Gasteiger partial charge in [-0.25, -0.2) is 4.98 Å². The number of aromatic amines is 1. The lowest BCUT2D eigenvalue weighted by molar-refractivity contribution is -0.377. The molecule has 1 fully saturated rings. The second-order valence-corrected chi connectivity index (χ2v) is 7.52. The van der Waals surface area contributed by atoms with Gasteiger partial charge in [0.1, 0.15) is 0 Å². The third-order valence-electron chi connectivity index (χ3n) is 4.84. The van der Waals surface area contributed by atoms with Crippen LogP contribution in [0.25, 0.3) is 6.08 Å². The highest BCUT2D eigenvalue weighted by molar-refractivity contribution is 5.92. The average molecular weight is 397 g/mol. The van der Waals surface area contributed by atoms with Crippen LogP contribution in [0.3, 0.4) is 0 Å². The number of hydrogen-bond acceptors (Lipinski definition) is 4. The summed E-state index contributed by atoms with van der Waals surface area (Å²) < 4.78 is 11.2. The van der Waals surface area contributed by atoms with E-state index in [1.807, 2.05) is 41.6 Å². The van der Waals surface area contributed by atoms with E-state index in [4.69, 9.17) is 9.47 Å². The predicted octanol–water partition coefficient (Wildman–Crippen LogP) is 2.91. The molecule has 3 rings (SSSR count). The quantitative estimate of drug-likeness (QED) is 0.676. The molecule has 0 bridgehead atoms. The topological polar surface area (TPSA) is 56.2 Å². The molecule has 0 radical (unpaired) electrons. The number of pyridine rings is 1. The van der Waals surface area contributed by atoms with Gasteiger partial charge in [0.15, 0.2) is 23.9 Å². The lowest BCUT2D eigenvalue weighted by atomic mass is 10.1. The van der Waals surface area contributed by atoms with E-state index in [2.05, 4.69) is 35.9 Å². The average Bonchev–Trinajstić information content (AvgIpc) is 2.77. The van der Waals surface area contributed by atoms with Crippen molar-refractivity contribution >= 4 is 17.7 Å². The van der Waals surface area contributed by atoms with Crippen LogP contribution < -0.4 is 19.4 Å². The molecule has 1 amide bonds. The minimum absolute atomic E-state index is 0.0325. The van der Waals surface area contributed by atoms with Gasteiger partial charge >= 0.3 is 0 Å². The number of hydrogen-bond donors (Lipinski definition) is 0. The fourth-order valence-electron chi connectivity index (χ4n) is 3.21. The van der Waals surface area contributed by atoms with E-state index in [0.29, 0.717) is 31.4 Å². The zero-order valence-electron chi connectivity index (χ0n) is 17.4. The lowest BCUT2D eigenvalue weighted by Gasteiger charge is -2.35. The molecule has 1 aromatic heterocycles.